The lowest BCUT2D eigenvalue weighted by Crippen LogP contribution is -2.60. The highest BCUT2D eigenvalue weighted by Crippen LogP contribution is 2.14. The third-order valence-electron chi connectivity index (χ3n) is 10.3. The van der Waals surface area contributed by atoms with Crippen molar-refractivity contribution in [1.82, 2.24) is 36.8 Å². The van der Waals surface area contributed by atoms with Crippen LogP contribution in [-0.4, -0.2) is 101 Å². The lowest BCUT2D eigenvalue weighted by atomic mass is 9.99. The lowest BCUT2D eigenvalue weighted by Gasteiger charge is -2.31. The monoisotopic (exact) mass is 777 g/mol. The molecule has 0 bridgehead atoms. The van der Waals surface area contributed by atoms with Crippen molar-refractivity contribution in [3.63, 3.8) is 0 Å². The summed E-state index contributed by atoms with van der Waals surface area (Å²) in [6, 6.07) is 11.1. The summed E-state index contributed by atoms with van der Waals surface area (Å²) in [6.07, 6.45) is 2.09. The molecule has 56 heavy (non-hydrogen) atoms. The number of carboxylic acids is 1. The minimum Gasteiger partial charge on any atom is -0.480 e. The van der Waals surface area contributed by atoms with Crippen molar-refractivity contribution in [3.05, 3.63) is 71.8 Å². The van der Waals surface area contributed by atoms with E-state index in [1.165, 1.54) is 11.9 Å². The number of carboxylic acid groups (broad SMARTS) is 1. The Balaban J connectivity index is 1.97. The van der Waals surface area contributed by atoms with Crippen molar-refractivity contribution in [2.24, 2.45) is 11.8 Å². The summed E-state index contributed by atoms with van der Waals surface area (Å²) in [5, 5.41) is 26.0. The maximum Gasteiger partial charge on any atom is 0.326 e. The number of hydrogen-bond acceptors (Lipinski definition) is 7. The van der Waals surface area contributed by atoms with Crippen molar-refractivity contribution in [2.45, 2.75) is 116 Å². The van der Waals surface area contributed by atoms with Crippen LogP contribution in [0.3, 0.4) is 0 Å². The van der Waals surface area contributed by atoms with Gasteiger partial charge in [0.15, 0.2) is 0 Å². The Kier molecular flexibility index (Phi) is 17.8. The first kappa shape index (κ1) is 44.9. The summed E-state index contributed by atoms with van der Waals surface area (Å²) >= 11 is 0. The first-order valence-electron chi connectivity index (χ1n) is 19.5. The molecule has 0 radical (unpaired) electrons. The third kappa shape index (κ3) is 13.7. The Bertz CT molecular complexity index is 1640. The molecule has 3 rings (SSSR count). The Morgan fingerprint density at radius 1 is 0.821 bits per heavy atom. The molecule has 1 saturated heterocycles. The topological polar surface area (TPSA) is 215 Å². The molecule has 0 aliphatic carbocycles. The average molecular weight is 778 g/mol. The summed E-state index contributed by atoms with van der Waals surface area (Å²) < 4.78 is 0. The van der Waals surface area contributed by atoms with Gasteiger partial charge in [-0.15, -0.1) is 0 Å². The van der Waals surface area contributed by atoms with Gasteiger partial charge in [0, 0.05) is 20.0 Å². The number of carbonyl (C=O) groups excluding carboxylic acids is 6. The van der Waals surface area contributed by atoms with Crippen molar-refractivity contribution in [2.75, 3.05) is 13.6 Å². The number of carbonyl (C=O) groups is 7. The summed E-state index contributed by atoms with van der Waals surface area (Å²) in [7, 11) is 1.46. The maximum atomic E-state index is 14.1. The molecular weight excluding hydrogens is 718 g/mol. The third-order valence-corrected chi connectivity index (χ3v) is 10.3. The predicted molar refractivity (Wildman–Crippen MR) is 211 cm³/mol. The summed E-state index contributed by atoms with van der Waals surface area (Å²) in [6.45, 7) is 8.68. The smallest absolute Gasteiger partial charge is 0.326 e. The van der Waals surface area contributed by atoms with Crippen LogP contribution >= 0.6 is 0 Å². The van der Waals surface area contributed by atoms with Gasteiger partial charge in [-0.1, -0.05) is 94.8 Å². The molecule has 15 nitrogen and oxygen atoms in total. The number of amides is 7. The minimum atomic E-state index is -1.22. The fourth-order valence-electron chi connectivity index (χ4n) is 6.33. The van der Waals surface area contributed by atoms with Crippen molar-refractivity contribution >= 4 is 41.5 Å². The van der Waals surface area contributed by atoms with Gasteiger partial charge in [0.05, 0.1) is 0 Å². The standard InChI is InChI=1S/C41H59N7O8/c1-7-26(4)34(40(54)55)47-41(56)45-30-20-14-15-23-42-36(50)32(24-29-18-12-9-13-19-29)44-35(49)27(5)48(6)39(53)31(22-21-28-16-10-8-11-17-28)43-38(52)33(25(2)3)46-37(30)51/h8-13,16-19,25-27,30-34H,7,14-15,20-24H2,1-6H3,(H,42,50)(H,43,52)(H,44,49)(H,46,51)(H,54,55)(H2,45,47,56)/t26-,27+,30+,31+,32+,33+,34+/m1/s1. The Hall–Kier alpha value is -5.47. The molecule has 0 unspecified atom stereocenters. The van der Waals surface area contributed by atoms with E-state index in [0.29, 0.717) is 25.7 Å². The van der Waals surface area contributed by atoms with E-state index >= 15 is 0 Å². The fraction of sp³-hybridized carbons (Fsp3) is 0.537. The molecule has 1 heterocycles. The van der Waals surface area contributed by atoms with Crippen LogP contribution in [0.15, 0.2) is 60.7 Å². The van der Waals surface area contributed by atoms with Crippen molar-refractivity contribution < 1.29 is 38.7 Å². The fourth-order valence-corrected chi connectivity index (χ4v) is 6.33. The van der Waals surface area contributed by atoms with Gasteiger partial charge in [0.2, 0.25) is 29.5 Å². The van der Waals surface area contributed by atoms with Crippen LogP contribution in [0.5, 0.6) is 0 Å². The van der Waals surface area contributed by atoms with Crippen LogP contribution in [0.4, 0.5) is 4.79 Å². The van der Waals surface area contributed by atoms with Crippen LogP contribution < -0.4 is 31.9 Å². The second-order valence-corrected chi connectivity index (χ2v) is 14.9. The lowest BCUT2D eigenvalue weighted by molar-refractivity contribution is -0.142. The van der Waals surface area contributed by atoms with Crippen LogP contribution in [-0.2, 0) is 41.6 Å². The molecule has 1 fully saturated rings. The van der Waals surface area contributed by atoms with E-state index < -0.39 is 89.6 Å². The normalized spacial score (nSPS) is 23.2. The second kappa shape index (κ2) is 22.2. The van der Waals surface area contributed by atoms with Crippen LogP contribution in [0.25, 0.3) is 0 Å². The van der Waals surface area contributed by atoms with Gasteiger partial charge in [0.1, 0.15) is 36.3 Å². The molecule has 2 aromatic carbocycles. The Labute approximate surface area is 329 Å². The Morgan fingerprint density at radius 3 is 2.02 bits per heavy atom. The highest BCUT2D eigenvalue weighted by molar-refractivity contribution is 5.96. The SMILES string of the molecule is CC[C@@H](C)[C@H](NC(=O)N[C@H]1CCCCNC(=O)[C@H](Cc2ccccc2)NC(=O)[C@H](C)N(C)C(=O)[C@H](CCc2ccccc2)NC(=O)[C@H](C(C)C)NC1=O)C(=O)O. The molecule has 7 N–H and O–H groups in total. The number of benzene rings is 2. The molecule has 1 aliphatic rings. The summed E-state index contributed by atoms with van der Waals surface area (Å²) in [4.78, 5) is 95.5. The van der Waals surface area contributed by atoms with E-state index in [1.807, 2.05) is 60.7 Å². The first-order valence-corrected chi connectivity index (χ1v) is 19.5. The summed E-state index contributed by atoms with van der Waals surface area (Å²) in [5.74, 6) is -4.91. The van der Waals surface area contributed by atoms with Gasteiger partial charge in [0.25, 0.3) is 0 Å². The number of hydrogen-bond donors (Lipinski definition) is 7. The molecule has 0 saturated carbocycles. The van der Waals surface area contributed by atoms with Gasteiger partial charge in [-0.25, -0.2) is 9.59 Å². The number of nitrogens with zero attached hydrogens (tertiary/aromatic N) is 1. The van der Waals surface area contributed by atoms with E-state index in [4.69, 9.17) is 0 Å². The number of aliphatic carboxylic acids is 1. The predicted octanol–water partition coefficient (Wildman–Crippen LogP) is 2.29. The van der Waals surface area contributed by atoms with Gasteiger partial charge < -0.3 is 41.9 Å². The van der Waals surface area contributed by atoms with E-state index in [0.717, 1.165) is 11.1 Å². The number of aryl methyl sites for hydroxylation is 1. The van der Waals surface area contributed by atoms with E-state index in [1.54, 1.807) is 34.6 Å². The zero-order chi connectivity index (χ0) is 41.4. The summed E-state index contributed by atoms with van der Waals surface area (Å²) in [5.41, 5.74) is 1.73. The maximum absolute atomic E-state index is 14.1. The molecule has 7 atom stereocenters. The molecule has 15 heteroatoms. The van der Waals surface area contributed by atoms with Gasteiger partial charge in [-0.2, -0.15) is 0 Å². The van der Waals surface area contributed by atoms with Crippen molar-refractivity contribution in [1.29, 1.82) is 0 Å². The van der Waals surface area contributed by atoms with Crippen molar-refractivity contribution in [3.8, 4) is 0 Å². The highest BCUT2D eigenvalue weighted by Gasteiger charge is 2.35. The number of rotatable bonds is 11. The second-order valence-electron chi connectivity index (χ2n) is 14.9. The molecule has 7 amide bonds. The van der Waals surface area contributed by atoms with E-state index in [2.05, 4.69) is 31.9 Å². The average Bonchev–Trinajstić information content (AvgIpc) is 3.18. The molecule has 0 spiro atoms. The van der Waals surface area contributed by atoms with Gasteiger partial charge in [-0.05, 0) is 62.0 Å². The largest absolute Gasteiger partial charge is 0.480 e. The molecular formula is C41H59N7O8. The number of urea groups is 1. The van der Waals surface area contributed by atoms with Crippen LogP contribution in [0, 0.1) is 11.8 Å². The van der Waals surface area contributed by atoms with Gasteiger partial charge in [-0.3, -0.25) is 24.0 Å². The van der Waals surface area contributed by atoms with Crippen LogP contribution in [0.2, 0.25) is 0 Å². The minimum absolute atomic E-state index is 0.0906. The molecule has 306 valence electrons. The molecule has 1 aliphatic heterocycles. The number of nitrogens with one attached hydrogen (secondary N) is 6. The molecule has 2 aromatic rings. The van der Waals surface area contributed by atoms with E-state index in [9.17, 15) is 38.7 Å². The van der Waals surface area contributed by atoms with Gasteiger partial charge >= 0.3 is 12.0 Å². The molecule has 0 aromatic heterocycles. The van der Waals surface area contributed by atoms with E-state index in [-0.39, 0.29) is 25.8 Å². The Morgan fingerprint density at radius 2 is 1.43 bits per heavy atom. The first-order chi connectivity index (χ1) is 26.6. The zero-order valence-corrected chi connectivity index (χ0v) is 33.3. The van der Waals surface area contributed by atoms with Crippen LogP contribution in [0.1, 0.15) is 77.8 Å². The highest BCUT2D eigenvalue weighted by atomic mass is 16.4. The number of likely N-dealkylation sites (N-methyl/N-ethyl adjacent to an activating group) is 1. The zero-order valence-electron chi connectivity index (χ0n) is 33.3. The quantitative estimate of drug-likeness (QED) is 0.179.